The van der Waals surface area contributed by atoms with Crippen molar-refractivity contribution in [2.24, 2.45) is 0 Å². The molecule has 0 saturated carbocycles. The van der Waals surface area contributed by atoms with Crippen molar-refractivity contribution in [1.82, 2.24) is 4.57 Å². The molecule has 3 heteroatoms. The molecule has 0 amide bonds. The molecular weight excluding hydrogens is 218 g/mol. The van der Waals surface area contributed by atoms with E-state index in [0.717, 1.165) is 17.7 Å². The Morgan fingerprint density at radius 3 is 2.38 bits per heavy atom. The van der Waals surface area contributed by atoms with Crippen molar-refractivity contribution in [3.8, 4) is 0 Å². The Bertz CT molecular complexity index is 409. The number of pyridine rings is 1. The molecular formula is C13H21NOS. The molecule has 0 aliphatic heterocycles. The predicted molar refractivity (Wildman–Crippen MR) is 72.5 cm³/mol. The summed E-state index contributed by atoms with van der Waals surface area (Å²) in [4.78, 5) is 12.2. The van der Waals surface area contributed by atoms with Crippen molar-refractivity contribution in [2.75, 3.05) is 0 Å². The molecule has 0 N–H and O–H groups in total. The van der Waals surface area contributed by atoms with E-state index in [1.807, 2.05) is 10.6 Å². The second-order valence-electron chi connectivity index (χ2n) is 4.53. The van der Waals surface area contributed by atoms with E-state index in [-0.39, 0.29) is 11.6 Å². The standard InChI is InChI=1S/C13H21NOS/c1-5-10(4)14-12(9(2)3)7-6-11(8-16)13(14)15/h6-7,9-10,16H,5,8H2,1-4H3. The molecule has 1 atom stereocenters. The summed E-state index contributed by atoms with van der Waals surface area (Å²) in [7, 11) is 0. The van der Waals surface area contributed by atoms with Gasteiger partial charge in [-0.1, -0.05) is 26.8 Å². The van der Waals surface area contributed by atoms with Crippen LogP contribution in [0.3, 0.4) is 0 Å². The molecule has 1 aromatic heterocycles. The number of hydrogen-bond donors (Lipinski definition) is 1. The van der Waals surface area contributed by atoms with Gasteiger partial charge in [-0.05, 0) is 25.3 Å². The van der Waals surface area contributed by atoms with Crippen molar-refractivity contribution in [3.63, 3.8) is 0 Å². The van der Waals surface area contributed by atoms with Gasteiger partial charge in [0.2, 0.25) is 0 Å². The molecule has 0 saturated heterocycles. The first kappa shape index (κ1) is 13.4. The zero-order valence-electron chi connectivity index (χ0n) is 10.5. The maximum Gasteiger partial charge on any atom is 0.255 e. The van der Waals surface area contributed by atoms with Gasteiger partial charge in [-0.15, -0.1) is 0 Å². The number of aromatic nitrogens is 1. The maximum absolute atomic E-state index is 12.2. The van der Waals surface area contributed by atoms with Gasteiger partial charge in [-0.3, -0.25) is 4.79 Å². The smallest absolute Gasteiger partial charge is 0.255 e. The van der Waals surface area contributed by atoms with Crippen LogP contribution in [0.5, 0.6) is 0 Å². The third-order valence-electron chi connectivity index (χ3n) is 3.02. The summed E-state index contributed by atoms with van der Waals surface area (Å²) >= 11 is 4.20. The molecule has 0 aliphatic carbocycles. The number of nitrogens with zero attached hydrogens (tertiary/aromatic N) is 1. The Hall–Kier alpha value is -0.700. The van der Waals surface area contributed by atoms with E-state index in [4.69, 9.17) is 0 Å². The molecule has 2 nitrogen and oxygen atoms in total. The summed E-state index contributed by atoms with van der Waals surface area (Å²) < 4.78 is 1.93. The quantitative estimate of drug-likeness (QED) is 0.799. The predicted octanol–water partition coefficient (Wildman–Crippen LogP) is 3.37. The molecule has 90 valence electrons. The third kappa shape index (κ3) is 2.51. The van der Waals surface area contributed by atoms with E-state index in [2.05, 4.69) is 46.4 Å². The zero-order chi connectivity index (χ0) is 12.3. The van der Waals surface area contributed by atoms with Crippen LogP contribution in [-0.4, -0.2) is 4.57 Å². The average Bonchev–Trinajstić information content (AvgIpc) is 2.27. The fourth-order valence-electron chi connectivity index (χ4n) is 1.84. The molecule has 0 bridgehead atoms. The first-order valence-corrected chi connectivity index (χ1v) is 6.51. The fraction of sp³-hybridized carbons (Fsp3) is 0.615. The van der Waals surface area contributed by atoms with Gasteiger partial charge in [0, 0.05) is 23.1 Å². The minimum Gasteiger partial charge on any atom is -0.309 e. The first-order valence-electron chi connectivity index (χ1n) is 5.88. The van der Waals surface area contributed by atoms with E-state index >= 15 is 0 Å². The number of thiol groups is 1. The second-order valence-corrected chi connectivity index (χ2v) is 4.84. The Morgan fingerprint density at radius 1 is 1.31 bits per heavy atom. The maximum atomic E-state index is 12.2. The molecule has 1 rings (SSSR count). The monoisotopic (exact) mass is 239 g/mol. The molecule has 0 aromatic carbocycles. The average molecular weight is 239 g/mol. The van der Waals surface area contributed by atoms with Gasteiger partial charge in [0.05, 0.1) is 0 Å². The van der Waals surface area contributed by atoms with Crippen molar-refractivity contribution in [3.05, 3.63) is 33.7 Å². The Balaban J connectivity index is 3.43. The second kappa shape index (κ2) is 5.58. The van der Waals surface area contributed by atoms with Crippen LogP contribution in [-0.2, 0) is 5.75 Å². The van der Waals surface area contributed by atoms with Crippen LogP contribution in [0.1, 0.15) is 57.3 Å². The van der Waals surface area contributed by atoms with Crippen molar-refractivity contribution >= 4 is 12.6 Å². The van der Waals surface area contributed by atoms with Gasteiger partial charge in [-0.25, -0.2) is 0 Å². The van der Waals surface area contributed by atoms with Gasteiger partial charge >= 0.3 is 0 Å². The highest BCUT2D eigenvalue weighted by Gasteiger charge is 2.14. The van der Waals surface area contributed by atoms with Crippen LogP contribution >= 0.6 is 12.6 Å². The molecule has 0 radical (unpaired) electrons. The summed E-state index contributed by atoms with van der Waals surface area (Å²) in [6.07, 6.45) is 0.968. The molecule has 0 aliphatic rings. The van der Waals surface area contributed by atoms with E-state index in [0.29, 0.717) is 11.7 Å². The first-order chi connectivity index (χ1) is 7.52. The zero-order valence-corrected chi connectivity index (χ0v) is 11.4. The highest BCUT2D eigenvalue weighted by atomic mass is 32.1. The lowest BCUT2D eigenvalue weighted by Gasteiger charge is -2.21. The summed E-state index contributed by atoms with van der Waals surface area (Å²) in [6.45, 7) is 8.44. The van der Waals surface area contributed by atoms with Gasteiger partial charge < -0.3 is 4.57 Å². The lowest BCUT2D eigenvalue weighted by Crippen LogP contribution is -2.29. The lowest BCUT2D eigenvalue weighted by molar-refractivity contribution is 0.482. The summed E-state index contributed by atoms with van der Waals surface area (Å²) in [5.74, 6) is 0.879. The van der Waals surface area contributed by atoms with E-state index in [9.17, 15) is 4.79 Å². The van der Waals surface area contributed by atoms with Gasteiger partial charge in [0.1, 0.15) is 0 Å². The SMILES string of the molecule is CCC(C)n1c(C(C)C)ccc(CS)c1=O. The molecule has 1 heterocycles. The summed E-state index contributed by atoms with van der Waals surface area (Å²) in [6, 6.07) is 4.22. The summed E-state index contributed by atoms with van der Waals surface area (Å²) in [5.41, 5.74) is 2.02. The molecule has 16 heavy (non-hydrogen) atoms. The largest absolute Gasteiger partial charge is 0.309 e. The Labute approximate surface area is 103 Å². The Kier molecular flexibility index (Phi) is 4.66. The van der Waals surface area contributed by atoms with E-state index in [1.54, 1.807) is 0 Å². The fourth-order valence-corrected chi connectivity index (χ4v) is 2.08. The molecule has 0 fully saturated rings. The molecule has 1 aromatic rings. The third-order valence-corrected chi connectivity index (χ3v) is 3.36. The van der Waals surface area contributed by atoms with Crippen molar-refractivity contribution in [2.45, 2.75) is 51.8 Å². The highest BCUT2D eigenvalue weighted by Crippen LogP contribution is 2.19. The number of rotatable bonds is 4. The molecule has 1 unspecified atom stereocenters. The van der Waals surface area contributed by atoms with Gasteiger partial charge in [-0.2, -0.15) is 12.6 Å². The highest BCUT2D eigenvalue weighted by molar-refractivity contribution is 7.79. The summed E-state index contributed by atoms with van der Waals surface area (Å²) in [5, 5.41) is 0. The number of hydrogen-bond acceptors (Lipinski definition) is 2. The van der Waals surface area contributed by atoms with Crippen LogP contribution in [0, 0.1) is 0 Å². The van der Waals surface area contributed by atoms with E-state index in [1.165, 1.54) is 0 Å². The minimum absolute atomic E-state index is 0.121. The van der Waals surface area contributed by atoms with Gasteiger partial charge in [0.15, 0.2) is 0 Å². The van der Waals surface area contributed by atoms with Crippen LogP contribution < -0.4 is 5.56 Å². The Morgan fingerprint density at radius 2 is 1.94 bits per heavy atom. The minimum atomic E-state index is 0.121. The van der Waals surface area contributed by atoms with Crippen molar-refractivity contribution in [1.29, 1.82) is 0 Å². The van der Waals surface area contributed by atoms with Crippen LogP contribution in [0.25, 0.3) is 0 Å². The van der Waals surface area contributed by atoms with Crippen LogP contribution in [0.4, 0.5) is 0 Å². The van der Waals surface area contributed by atoms with Crippen LogP contribution in [0.2, 0.25) is 0 Å². The van der Waals surface area contributed by atoms with Crippen LogP contribution in [0.15, 0.2) is 16.9 Å². The van der Waals surface area contributed by atoms with E-state index < -0.39 is 0 Å². The normalized spacial score (nSPS) is 13.1. The molecule has 0 spiro atoms. The van der Waals surface area contributed by atoms with Crippen molar-refractivity contribution < 1.29 is 0 Å². The lowest BCUT2D eigenvalue weighted by atomic mass is 10.1. The van der Waals surface area contributed by atoms with Gasteiger partial charge in [0.25, 0.3) is 5.56 Å². The topological polar surface area (TPSA) is 22.0 Å².